The van der Waals surface area contributed by atoms with Gasteiger partial charge in [0.2, 0.25) is 10.0 Å². The van der Waals surface area contributed by atoms with Gasteiger partial charge in [-0.2, -0.15) is 0 Å². The summed E-state index contributed by atoms with van der Waals surface area (Å²) < 4.78 is 23.5. The van der Waals surface area contributed by atoms with Gasteiger partial charge in [0, 0.05) is 19.1 Å². The van der Waals surface area contributed by atoms with E-state index in [4.69, 9.17) is 5.73 Å². The van der Waals surface area contributed by atoms with Gasteiger partial charge in [-0.05, 0) is 12.8 Å². The number of sulfonamides is 1. The van der Waals surface area contributed by atoms with E-state index in [1.807, 2.05) is 0 Å². The molecule has 1 saturated heterocycles. The number of nitrogens with two attached hydrogens (primary N) is 1. The fourth-order valence-electron chi connectivity index (χ4n) is 1.28. The normalized spacial score (nSPS) is 26.3. The van der Waals surface area contributed by atoms with Crippen LogP contribution in [0.3, 0.4) is 0 Å². The van der Waals surface area contributed by atoms with Crippen molar-refractivity contribution in [3.8, 4) is 0 Å². The van der Waals surface area contributed by atoms with Crippen LogP contribution in [0.1, 0.15) is 12.8 Å². The fraction of sp³-hybridized carbons (Fsp3) is 1.00. The van der Waals surface area contributed by atoms with Gasteiger partial charge < -0.3 is 5.73 Å². The highest BCUT2D eigenvalue weighted by atomic mass is 35.5. The van der Waals surface area contributed by atoms with Crippen molar-refractivity contribution in [2.24, 2.45) is 5.73 Å². The van der Waals surface area contributed by atoms with Gasteiger partial charge in [-0.25, -0.2) is 12.7 Å². The first kappa shape index (κ1) is 12.2. The van der Waals surface area contributed by atoms with Crippen molar-refractivity contribution < 1.29 is 8.42 Å². The van der Waals surface area contributed by atoms with Crippen LogP contribution in [0.2, 0.25) is 0 Å². The molecule has 6 heteroatoms. The molecule has 0 aromatic carbocycles. The van der Waals surface area contributed by atoms with Crippen molar-refractivity contribution in [1.82, 2.24) is 4.31 Å². The second-order valence-electron chi connectivity index (χ2n) is 3.02. The molecule has 1 fully saturated rings. The zero-order valence-corrected chi connectivity index (χ0v) is 8.70. The van der Waals surface area contributed by atoms with Crippen molar-refractivity contribution in [3.63, 3.8) is 0 Å². The van der Waals surface area contributed by atoms with Crippen LogP contribution in [0, 0.1) is 0 Å². The van der Waals surface area contributed by atoms with Gasteiger partial charge in [-0.1, -0.05) is 0 Å². The summed E-state index contributed by atoms with van der Waals surface area (Å²) in [7, 11) is -3.01. The molecule has 1 aliphatic rings. The van der Waals surface area contributed by atoms with Gasteiger partial charge in [0.05, 0.1) is 6.26 Å². The summed E-state index contributed by atoms with van der Waals surface area (Å²) in [5.74, 6) is 0. The highest BCUT2D eigenvalue weighted by Crippen LogP contribution is 2.10. The Morgan fingerprint density at radius 2 is 2.08 bits per heavy atom. The van der Waals surface area contributed by atoms with Crippen LogP contribution in [-0.4, -0.2) is 38.1 Å². The second kappa shape index (κ2) is 4.41. The Hall–Kier alpha value is 0.160. The molecule has 4 nitrogen and oxygen atoms in total. The summed E-state index contributed by atoms with van der Waals surface area (Å²) >= 11 is 0. The van der Waals surface area contributed by atoms with Crippen LogP contribution in [0.4, 0.5) is 0 Å². The van der Waals surface area contributed by atoms with E-state index in [1.165, 1.54) is 10.6 Å². The second-order valence-corrected chi connectivity index (χ2v) is 5.01. The Morgan fingerprint density at radius 3 is 2.42 bits per heavy atom. The van der Waals surface area contributed by atoms with Crippen molar-refractivity contribution in [2.75, 3.05) is 19.3 Å². The van der Waals surface area contributed by atoms with Crippen LogP contribution in [-0.2, 0) is 10.0 Å². The molecule has 0 unspecified atom stereocenters. The molecule has 1 rings (SSSR count). The number of rotatable bonds is 1. The van der Waals surface area contributed by atoms with Crippen molar-refractivity contribution >= 4 is 22.4 Å². The number of nitrogens with zero attached hydrogens (tertiary/aromatic N) is 1. The van der Waals surface area contributed by atoms with E-state index in [-0.39, 0.29) is 18.4 Å². The lowest BCUT2D eigenvalue weighted by molar-refractivity contribution is 0.318. The predicted molar refractivity (Wildman–Crippen MR) is 50.9 cm³/mol. The third-order valence-corrected chi connectivity index (χ3v) is 3.16. The van der Waals surface area contributed by atoms with Crippen LogP contribution in [0.15, 0.2) is 0 Å². The fourth-order valence-corrected chi connectivity index (χ4v) is 2.20. The molecule has 0 saturated carbocycles. The Kier molecular flexibility index (Phi) is 4.47. The van der Waals surface area contributed by atoms with E-state index < -0.39 is 10.0 Å². The van der Waals surface area contributed by atoms with E-state index in [0.29, 0.717) is 13.1 Å². The van der Waals surface area contributed by atoms with Crippen molar-refractivity contribution in [1.29, 1.82) is 0 Å². The van der Waals surface area contributed by atoms with E-state index in [9.17, 15) is 8.42 Å². The minimum absolute atomic E-state index is 0. The van der Waals surface area contributed by atoms with Crippen molar-refractivity contribution in [3.05, 3.63) is 0 Å². The van der Waals surface area contributed by atoms with Crippen LogP contribution in [0.25, 0.3) is 0 Å². The number of halogens is 1. The highest BCUT2D eigenvalue weighted by molar-refractivity contribution is 7.88. The van der Waals surface area contributed by atoms with Gasteiger partial charge >= 0.3 is 0 Å². The smallest absolute Gasteiger partial charge is 0.211 e. The van der Waals surface area contributed by atoms with E-state index in [0.717, 1.165) is 12.8 Å². The van der Waals surface area contributed by atoms with E-state index in [2.05, 4.69) is 0 Å². The SMILES string of the molecule is CS(=O)(=O)N1CCC[C@H](N)C1.Cl. The third kappa shape index (κ3) is 3.26. The van der Waals surface area contributed by atoms with E-state index in [1.54, 1.807) is 0 Å². The standard InChI is InChI=1S/C6H14N2O2S.ClH/c1-11(9,10)8-4-2-3-6(7)5-8;/h6H,2-5,7H2,1H3;1H/t6-;/m0./s1. The third-order valence-electron chi connectivity index (χ3n) is 1.89. The largest absolute Gasteiger partial charge is 0.327 e. The maximum atomic E-state index is 11.0. The van der Waals surface area contributed by atoms with Gasteiger partial charge in [0.1, 0.15) is 0 Å². The molecule has 74 valence electrons. The predicted octanol–water partition coefficient (Wildman–Crippen LogP) is -0.209. The summed E-state index contributed by atoms with van der Waals surface area (Å²) in [6.07, 6.45) is 3.05. The Morgan fingerprint density at radius 1 is 1.50 bits per heavy atom. The van der Waals surface area contributed by atoms with Gasteiger partial charge in [-0.3, -0.25) is 0 Å². The molecule has 0 aromatic rings. The molecule has 0 aliphatic carbocycles. The molecule has 2 N–H and O–H groups in total. The first-order valence-electron chi connectivity index (χ1n) is 3.71. The number of hydrogen-bond donors (Lipinski definition) is 1. The molecule has 0 amide bonds. The molecular formula is C6H15ClN2O2S. The van der Waals surface area contributed by atoms with Crippen LogP contribution < -0.4 is 5.73 Å². The minimum Gasteiger partial charge on any atom is -0.327 e. The summed E-state index contributed by atoms with van der Waals surface area (Å²) in [5, 5.41) is 0. The lowest BCUT2D eigenvalue weighted by atomic mass is 10.1. The topological polar surface area (TPSA) is 63.4 Å². The summed E-state index contributed by atoms with van der Waals surface area (Å²) in [4.78, 5) is 0. The number of hydrogen-bond acceptors (Lipinski definition) is 3. The Balaban J connectivity index is 0.00000121. The molecule has 0 spiro atoms. The summed E-state index contributed by atoms with van der Waals surface area (Å²) in [5.41, 5.74) is 5.62. The summed E-state index contributed by atoms with van der Waals surface area (Å²) in [6.45, 7) is 1.12. The molecule has 1 heterocycles. The minimum atomic E-state index is -3.01. The van der Waals surface area contributed by atoms with Crippen LogP contribution in [0.5, 0.6) is 0 Å². The highest BCUT2D eigenvalue weighted by Gasteiger charge is 2.23. The molecular weight excluding hydrogens is 200 g/mol. The lowest BCUT2D eigenvalue weighted by Gasteiger charge is -2.28. The van der Waals surface area contributed by atoms with Crippen molar-refractivity contribution in [2.45, 2.75) is 18.9 Å². The van der Waals surface area contributed by atoms with Crippen LogP contribution >= 0.6 is 12.4 Å². The average molecular weight is 215 g/mol. The summed E-state index contributed by atoms with van der Waals surface area (Å²) in [6, 6.07) is 0.0264. The maximum absolute atomic E-state index is 11.0. The molecule has 1 atom stereocenters. The van der Waals surface area contributed by atoms with Gasteiger partial charge in [0.15, 0.2) is 0 Å². The van der Waals surface area contributed by atoms with E-state index >= 15 is 0 Å². The molecule has 1 aliphatic heterocycles. The first-order chi connectivity index (χ1) is 5.00. The monoisotopic (exact) mass is 214 g/mol. The quantitative estimate of drug-likeness (QED) is 0.657. The van der Waals surface area contributed by atoms with Gasteiger partial charge in [-0.15, -0.1) is 12.4 Å². The maximum Gasteiger partial charge on any atom is 0.211 e. The molecule has 0 bridgehead atoms. The van der Waals surface area contributed by atoms with Gasteiger partial charge in [0.25, 0.3) is 0 Å². The zero-order valence-electron chi connectivity index (χ0n) is 7.06. The molecule has 0 aromatic heterocycles. The Bertz CT molecular complexity index is 230. The number of piperidine rings is 1. The Labute approximate surface area is 79.6 Å². The molecule has 12 heavy (non-hydrogen) atoms. The average Bonchev–Trinajstić information content (AvgIpc) is 1.86. The first-order valence-corrected chi connectivity index (χ1v) is 5.55. The lowest BCUT2D eigenvalue weighted by Crippen LogP contribution is -2.45. The zero-order chi connectivity index (χ0) is 8.48. The molecule has 0 radical (unpaired) electrons.